The monoisotopic (exact) mass is 498 g/mol. The molecule has 0 heterocycles. The molecule has 0 aliphatic heterocycles. The summed E-state index contributed by atoms with van der Waals surface area (Å²) in [6.45, 7) is -1.36. The van der Waals surface area contributed by atoms with Crippen LogP contribution < -0.4 is 0 Å². The smallest absolute Gasteiger partial charge is 0.369 e. The van der Waals surface area contributed by atoms with Gasteiger partial charge < -0.3 is 4.74 Å². The lowest BCUT2D eigenvalue weighted by atomic mass is 9.73. The van der Waals surface area contributed by atoms with Crippen LogP contribution in [-0.4, -0.2) is 24.8 Å². The molecule has 7 heteroatoms. The summed E-state index contributed by atoms with van der Waals surface area (Å²) in [4.78, 5) is 0. The Morgan fingerprint density at radius 3 is 1.59 bits per heavy atom. The van der Waals surface area contributed by atoms with Crippen molar-refractivity contribution in [1.82, 2.24) is 0 Å². The summed E-state index contributed by atoms with van der Waals surface area (Å²) in [5, 5.41) is -4.30. The summed E-state index contributed by atoms with van der Waals surface area (Å²) in [5.74, 6) is 1.37. The largest absolute Gasteiger partial charge is 0.392 e. The van der Waals surface area contributed by atoms with Crippen LogP contribution in [0.2, 0.25) is 0 Å². The van der Waals surface area contributed by atoms with Gasteiger partial charge >= 0.3 is 15.4 Å². The van der Waals surface area contributed by atoms with Gasteiger partial charge in [0.1, 0.15) is 6.61 Å². The second-order valence-electron chi connectivity index (χ2n) is 10.8. The van der Waals surface area contributed by atoms with E-state index < -0.39 is 22.0 Å². The minimum atomic E-state index is -5.50. The Balaban J connectivity index is 1.70. The van der Waals surface area contributed by atoms with Crippen LogP contribution in [0.4, 0.5) is 8.78 Å². The Bertz CT molecular complexity index is 874. The lowest BCUT2D eigenvalue weighted by Gasteiger charge is -2.32. The molecule has 0 aromatic heterocycles. The molecular weight excluding hydrogens is 458 g/mol. The van der Waals surface area contributed by atoms with Crippen molar-refractivity contribution in [1.29, 1.82) is 0 Å². The molecule has 3 fully saturated rings. The van der Waals surface area contributed by atoms with Gasteiger partial charge in [0.05, 0.1) is 6.61 Å². The molecule has 0 bridgehead atoms. The van der Waals surface area contributed by atoms with Gasteiger partial charge in [-0.25, -0.2) is 0 Å². The standard InChI is InChI=1S/C27H40F2O4S/c28-27(29,34(30,31)32)19-33-18-26-24(21-12-6-2-7-13-21)16-23(20-10-4-1-5-11-20)17-25(26)22-14-8-3-9-15-22/h16-17,20-22H,1-15,18-19H2,(H,30,31,32). The zero-order valence-electron chi connectivity index (χ0n) is 20.2. The minimum absolute atomic E-state index is 0.0340. The van der Waals surface area contributed by atoms with Crippen LogP contribution in [-0.2, 0) is 21.5 Å². The van der Waals surface area contributed by atoms with Crippen molar-refractivity contribution in [2.45, 2.75) is 126 Å². The van der Waals surface area contributed by atoms with Gasteiger partial charge in [-0.1, -0.05) is 69.9 Å². The first-order chi connectivity index (χ1) is 16.3. The van der Waals surface area contributed by atoms with E-state index in [2.05, 4.69) is 12.1 Å². The maximum Gasteiger partial charge on any atom is 0.392 e. The van der Waals surface area contributed by atoms with Crippen LogP contribution in [0.5, 0.6) is 0 Å². The normalized spacial score (nSPS) is 22.2. The number of hydrogen-bond donors (Lipinski definition) is 1. The summed E-state index contributed by atoms with van der Waals surface area (Å²) in [6.07, 6.45) is 17.9. The highest BCUT2D eigenvalue weighted by Gasteiger charge is 2.44. The van der Waals surface area contributed by atoms with Crippen LogP contribution in [0.15, 0.2) is 12.1 Å². The molecule has 34 heavy (non-hydrogen) atoms. The van der Waals surface area contributed by atoms with E-state index in [9.17, 15) is 17.2 Å². The van der Waals surface area contributed by atoms with E-state index in [1.165, 1.54) is 87.3 Å². The number of alkyl halides is 2. The summed E-state index contributed by atoms with van der Waals surface area (Å²) in [7, 11) is -5.50. The van der Waals surface area contributed by atoms with Gasteiger partial charge in [-0.2, -0.15) is 17.2 Å². The highest BCUT2D eigenvalue weighted by Crippen LogP contribution is 2.44. The zero-order chi connectivity index (χ0) is 24.2. The molecule has 0 unspecified atom stereocenters. The van der Waals surface area contributed by atoms with Crippen molar-refractivity contribution in [2.75, 3.05) is 6.61 Å². The average Bonchev–Trinajstić information content (AvgIpc) is 2.85. The van der Waals surface area contributed by atoms with Crippen molar-refractivity contribution >= 4 is 10.1 Å². The van der Waals surface area contributed by atoms with E-state index in [0.717, 1.165) is 31.2 Å². The minimum Gasteiger partial charge on any atom is -0.369 e. The van der Waals surface area contributed by atoms with Gasteiger partial charge in [-0.05, 0) is 78.5 Å². The number of halogens is 2. The second kappa shape index (κ2) is 11.3. The molecule has 1 N–H and O–H groups in total. The maximum absolute atomic E-state index is 13.9. The first-order valence-electron chi connectivity index (χ1n) is 13.4. The molecule has 1 aromatic carbocycles. The molecule has 3 saturated carbocycles. The Labute approximate surface area is 203 Å². The van der Waals surface area contributed by atoms with E-state index in [1.807, 2.05) is 0 Å². The fourth-order valence-electron chi connectivity index (χ4n) is 6.48. The van der Waals surface area contributed by atoms with E-state index in [-0.39, 0.29) is 6.61 Å². The summed E-state index contributed by atoms with van der Waals surface area (Å²) < 4.78 is 64.2. The number of rotatable bonds is 8. The van der Waals surface area contributed by atoms with Crippen molar-refractivity contribution in [3.63, 3.8) is 0 Å². The average molecular weight is 499 g/mol. The van der Waals surface area contributed by atoms with E-state index in [1.54, 1.807) is 0 Å². The molecule has 3 aliphatic carbocycles. The number of benzene rings is 1. The van der Waals surface area contributed by atoms with Gasteiger partial charge in [-0.3, -0.25) is 4.55 Å². The number of ether oxygens (including phenoxy) is 1. The van der Waals surface area contributed by atoms with Crippen molar-refractivity contribution < 1.29 is 26.5 Å². The fraction of sp³-hybridized carbons (Fsp3) is 0.778. The third kappa shape index (κ3) is 6.19. The predicted octanol–water partition coefficient (Wildman–Crippen LogP) is 7.83. The Morgan fingerprint density at radius 1 is 0.765 bits per heavy atom. The molecule has 0 atom stereocenters. The van der Waals surface area contributed by atoms with Crippen LogP contribution in [0.3, 0.4) is 0 Å². The highest BCUT2D eigenvalue weighted by atomic mass is 32.2. The van der Waals surface area contributed by atoms with Crippen LogP contribution in [0.1, 0.15) is 136 Å². The second-order valence-corrected chi connectivity index (χ2v) is 12.3. The lowest BCUT2D eigenvalue weighted by molar-refractivity contribution is -0.0269. The van der Waals surface area contributed by atoms with Gasteiger partial charge in [0.25, 0.3) is 0 Å². The molecule has 0 saturated heterocycles. The SMILES string of the molecule is O=S(=O)(O)C(F)(F)COCc1c(C2CCCCC2)cc(C2CCCCC2)cc1C1CCCCC1. The fourth-order valence-corrected chi connectivity index (χ4v) is 6.71. The zero-order valence-corrected chi connectivity index (χ0v) is 21.1. The third-order valence-electron chi connectivity index (χ3n) is 8.40. The first kappa shape index (κ1) is 26.0. The molecule has 3 aliphatic rings. The predicted molar refractivity (Wildman–Crippen MR) is 130 cm³/mol. The van der Waals surface area contributed by atoms with Crippen molar-refractivity contribution in [2.24, 2.45) is 0 Å². The Hall–Kier alpha value is -1.05. The van der Waals surface area contributed by atoms with E-state index in [4.69, 9.17) is 9.29 Å². The Morgan fingerprint density at radius 2 is 1.18 bits per heavy atom. The molecule has 4 nitrogen and oxygen atoms in total. The summed E-state index contributed by atoms with van der Waals surface area (Å²) in [5.41, 5.74) is 4.91. The molecule has 0 amide bonds. The molecule has 4 rings (SSSR count). The molecule has 192 valence electrons. The van der Waals surface area contributed by atoms with Gasteiger partial charge in [0.15, 0.2) is 0 Å². The maximum atomic E-state index is 13.9. The van der Waals surface area contributed by atoms with Crippen LogP contribution >= 0.6 is 0 Å². The molecular formula is C27H40F2O4S. The van der Waals surface area contributed by atoms with Crippen molar-refractivity contribution in [3.05, 3.63) is 34.4 Å². The van der Waals surface area contributed by atoms with E-state index >= 15 is 0 Å². The highest BCUT2D eigenvalue weighted by molar-refractivity contribution is 7.86. The van der Waals surface area contributed by atoms with Gasteiger partial charge in [-0.15, -0.1) is 0 Å². The first-order valence-corrected chi connectivity index (χ1v) is 14.8. The lowest BCUT2D eigenvalue weighted by Crippen LogP contribution is -2.33. The Kier molecular flexibility index (Phi) is 8.68. The number of hydrogen-bond acceptors (Lipinski definition) is 3. The van der Waals surface area contributed by atoms with Crippen molar-refractivity contribution in [3.8, 4) is 0 Å². The summed E-state index contributed by atoms with van der Waals surface area (Å²) >= 11 is 0. The van der Waals surface area contributed by atoms with Crippen LogP contribution in [0, 0.1) is 0 Å². The van der Waals surface area contributed by atoms with Crippen LogP contribution in [0.25, 0.3) is 0 Å². The molecule has 0 spiro atoms. The molecule has 0 radical (unpaired) electrons. The van der Waals surface area contributed by atoms with Gasteiger partial charge in [0, 0.05) is 0 Å². The van der Waals surface area contributed by atoms with Gasteiger partial charge in [0.2, 0.25) is 0 Å². The van der Waals surface area contributed by atoms with E-state index in [0.29, 0.717) is 17.8 Å². The quantitative estimate of drug-likeness (QED) is 0.371. The molecule has 1 aromatic rings. The topological polar surface area (TPSA) is 63.6 Å². The third-order valence-corrected chi connectivity index (χ3v) is 9.27. The summed E-state index contributed by atoms with van der Waals surface area (Å²) in [6, 6.07) is 4.69.